The van der Waals surface area contributed by atoms with Gasteiger partial charge in [0.1, 0.15) is 0 Å². The molecule has 0 saturated carbocycles. The van der Waals surface area contributed by atoms with Crippen molar-refractivity contribution < 1.29 is 0 Å². The second-order valence-corrected chi connectivity index (χ2v) is 4.90. The smallest absolute Gasteiger partial charge is 0.232 e. The van der Waals surface area contributed by atoms with Crippen molar-refractivity contribution in [2.75, 3.05) is 0 Å². The first kappa shape index (κ1) is 11.6. The van der Waals surface area contributed by atoms with E-state index in [-0.39, 0.29) is 0 Å². The van der Waals surface area contributed by atoms with Gasteiger partial charge in [0.25, 0.3) is 0 Å². The summed E-state index contributed by atoms with van der Waals surface area (Å²) in [6, 6.07) is 1.22. The van der Waals surface area contributed by atoms with E-state index in [4.69, 9.17) is 0 Å². The third kappa shape index (κ3) is 2.30. The summed E-state index contributed by atoms with van der Waals surface area (Å²) in [6.45, 7) is 17.8. The lowest BCUT2D eigenvalue weighted by Gasteiger charge is -2.34. The van der Waals surface area contributed by atoms with Crippen LogP contribution in [0, 0.1) is 0 Å². The molecule has 0 amide bonds. The molecule has 1 heterocycles. The van der Waals surface area contributed by atoms with Crippen LogP contribution in [0.4, 0.5) is 0 Å². The number of hydrogen-bond donors (Lipinski definition) is 0. The Bertz CT molecular complexity index is 219. The van der Waals surface area contributed by atoms with E-state index < -0.39 is 0 Å². The Balaban J connectivity index is 2.72. The molecule has 0 unspecified atom stereocenters. The first-order chi connectivity index (χ1) is 6.43. The molecular formula is C12H22BN. The highest BCUT2D eigenvalue weighted by Gasteiger charge is 2.33. The lowest BCUT2D eigenvalue weighted by Crippen LogP contribution is -2.46. The Kier molecular flexibility index (Phi) is 3.60. The zero-order valence-electron chi connectivity index (χ0n) is 10.0. The Labute approximate surface area is 89.0 Å². The van der Waals surface area contributed by atoms with Gasteiger partial charge in [-0.25, -0.2) is 0 Å². The summed E-state index contributed by atoms with van der Waals surface area (Å²) in [6.07, 6.45) is 2.21. The molecule has 0 aromatic rings. The molecule has 1 aliphatic heterocycles. The Morgan fingerprint density at radius 3 is 1.64 bits per heavy atom. The van der Waals surface area contributed by atoms with Crippen LogP contribution in [0.5, 0.6) is 0 Å². The lowest BCUT2D eigenvalue weighted by atomic mass is 9.57. The fourth-order valence-electron chi connectivity index (χ4n) is 2.58. The number of nitrogens with zero attached hydrogens (tertiary/aromatic N) is 1. The summed E-state index contributed by atoms with van der Waals surface area (Å²) in [5, 5.41) is 0. The van der Waals surface area contributed by atoms with Crippen LogP contribution in [-0.2, 0) is 0 Å². The topological polar surface area (TPSA) is 3.24 Å². The summed E-state index contributed by atoms with van der Waals surface area (Å²) in [7, 11) is 0. The van der Waals surface area contributed by atoms with Crippen LogP contribution in [0.3, 0.4) is 0 Å². The molecule has 0 aliphatic carbocycles. The molecule has 1 fully saturated rings. The fourth-order valence-corrected chi connectivity index (χ4v) is 2.58. The predicted octanol–water partition coefficient (Wildman–Crippen LogP) is 3.22. The Hall–Kier alpha value is -0.495. The first-order valence-electron chi connectivity index (χ1n) is 5.56. The third-order valence-electron chi connectivity index (χ3n) is 3.08. The number of hydrogen-bond acceptors (Lipinski definition) is 1. The van der Waals surface area contributed by atoms with Crippen molar-refractivity contribution in [2.24, 2.45) is 0 Å². The Morgan fingerprint density at radius 1 is 1.00 bits per heavy atom. The van der Waals surface area contributed by atoms with E-state index in [2.05, 4.69) is 45.7 Å². The third-order valence-corrected chi connectivity index (χ3v) is 3.08. The second kappa shape index (κ2) is 4.35. The minimum Gasteiger partial charge on any atom is -0.337 e. The van der Waals surface area contributed by atoms with Crippen molar-refractivity contribution >= 4 is 6.85 Å². The van der Waals surface area contributed by atoms with Gasteiger partial charge in [0.05, 0.1) is 0 Å². The molecular weight excluding hydrogens is 169 g/mol. The van der Waals surface area contributed by atoms with Crippen LogP contribution in [0.2, 0.25) is 12.6 Å². The summed E-state index contributed by atoms with van der Waals surface area (Å²) >= 11 is 0. The molecule has 1 aliphatic rings. The van der Waals surface area contributed by atoms with Crippen molar-refractivity contribution in [2.45, 2.75) is 52.4 Å². The van der Waals surface area contributed by atoms with Crippen molar-refractivity contribution in [3.8, 4) is 0 Å². The normalized spacial score (nSPS) is 18.1. The highest BCUT2D eigenvalue weighted by Crippen LogP contribution is 2.32. The van der Waals surface area contributed by atoms with Gasteiger partial charge in [0.2, 0.25) is 6.85 Å². The van der Waals surface area contributed by atoms with E-state index in [9.17, 15) is 0 Å². The van der Waals surface area contributed by atoms with Gasteiger partial charge < -0.3 is 4.81 Å². The van der Waals surface area contributed by atoms with Crippen molar-refractivity contribution in [1.29, 1.82) is 0 Å². The van der Waals surface area contributed by atoms with Crippen LogP contribution < -0.4 is 0 Å². The fraction of sp³-hybridized carbons (Fsp3) is 0.667. The summed E-state index contributed by atoms with van der Waals surface area (Å²) < 4.78 is 0. The first-order valence-corrected chi connectivity index (χ1v) is 5.56. The van der Waals surface area contributed by atoms with E-state index in [0.29, 0.717) is 18.9 Å². The average molecular weight is 191 g/mol. The molecule has 0 radical (unpaired) electrons. The van der Waals surface area contributed by atoms with E-state index in [0.717, 1.165) is 12.6 Å². The van der Waals surface area contributed by atoms with Gasteiger partial charge in [-0.3, -0.25) is 0 Å². The summed E-state index contributed by atoms with van der Waals surface area (Å²) in [4.78, 5) is 2.57. The van der Waals surface area contributed by atoms with Crippen LogP contribution in [-0.4, -0.2) is 23.7 Å². The van der Waals surface area contributed by atoms with E-state index in [1.807, 2.05) is 0 Å². The maximum absolute atomic E-state index is 4.06. The predicted molar refractivity (Wildman–Crippen MR) is 65.8 cm³/mol. The van der Waals surface area contributed by atoms with E-state index in [1.54, 1.807) is 0 Å². The lowest BCUT2D eigenvalue weighted by molar-refractivity contribution is 0.303. The molecule has 0 bridgehead atoms. The van der Waals surface area contributed by atoms with Gasteiger partial charge in [-0.1, -0.05) is 52.0 Å². The zero-order valence-corrected chi connectivity index (χ0v) is 10.0. The number of rotatable bonds is 3. The maximum Gasteiger partial charge on any atom is 0.232 e. The van der Waals surface area contributed by atoms with Gasteiger partial charge in [-0.2, -0.15) is 0 Å². The Morgan fingerprint density at radius 2 is 1.36 bits per heavy atom. The largest absolute Gasteiger partial charge is 0.337 e. The quantitative estimate of drug-likeness (QED) is 0.619. The van der Waals surface area contributed by atoms with Gasteiger partial charge in [0.15, 0.2) is 0 Å². The summed E-state index contributed by atoms with van der Waals surface area (Å²) in [5.41, 5.74) is 2.50. The molecule has 2 heteroatoms. The average Bonchev–Trinajstić information content (AvgIpc) is 2.29. The molecule has 0 aromatic heterocycles. The van der Waals surface area contributed by atoms with Crippen molar-refractivity contribution in [3.05, 3.63) is 24.3 Å². The molecule has 78 valence electrons. The minimum atomic E-state index is 0.610. The molecule has 1 nitrogen and oxygen atoms in total. The monoisotopic (exact) mass is 191 g/mol. The molecule has 1 rings (SSSR count). The summed E-state index contributed by atoms with van der Waals surface area (Å²) in [5.74, 6) is 0. The molecule has 0 spiro atoms. The highest BCUT2D eigenvalue weighted by atomic mass is 15.1. The number of allylic oxidation sites excluding steroid dienone is 2. The maximum atomic E-state index is 4.06. The molecule has 1 saturated heterocycles. The molecule has 0 atom stereocenters. The second-order valence-electron chi connectivity index (χ2n) is 4.90. The molecule has 0 aromatic carbocycles. The SMILES string of the molecule is C=C1CB(N(C(C)C)C(C)C)CC1=C. The van der Waals surface area contributed by atoms with Gasteiger partial charge in [-0.15, -0.1) is 0 Å². The highest BCUT2D eigenvalue weighted by molar-refractivity contribution is 6.59. The van der Waals surface area contributed by atoms with Gasteiger partial charge in [-0.05, 0) is 24.7 Å². The van der Waals surface area contributed by atoms with Crippen molar-refractivity contribution in [1.82, 2.24) is 4.81 Å². The standard InChI is InChI=1S/C12H22BN/c1-9(2)14(10(3)4)13-7-11(5)12(6)8-13/h9-10H,5-8H2,1-4H3. The van der Waals surface area contributed by atoms with Gasteiger partial charge >= 0.3 is 0 Å². The zero-order chi connectivity index (χ0) is 10.9. The van der Waals surface area contributed by atoms with Crippen molar-refractivity contribution in [3.63, 3.8) is 0 Å². The van der Waals surface area contributed by atoms with Crippen LogP contribution in [0.1, 0.15) is 27.7 Å². The molecule has 0 N–H and O–H groups in total. The van der Waals surface area contributed by atoms with Gasteiger partial charge in [0, 0.05) is 0 Å². The van der Waals surface area contributed by atoms with Crippen LogP contribution >= 0.6 is 0 Å². The minimum absolute atomic E-state index is 0.610. The van der Waals surface area contributed by atoms with Crippen LogP contribution in [0.15, 0.2) is 24.3 Å². The van der Waals surface area contributed by atoms with E-state index in [1.165, 1.54) is 11.1 Å². The van der Waals surface area contributed by atoms with Crippen LogP contribution in [0.25, 0.3) is 0 Å². The molecule has 14 heavy (non-hydrogen) atoms. The van der Waals surface area contributed by atoms with E-state index >= 15 is 0 Å².